The van der Waals surface area contributed by atoms with Crippen LogP contribution in [0.25, 0.3) is 0 Å². The second-order valence-electron chi connectivity index (χ2n) is 4.88. The average molecular weight is 194 g/mol. The summed E-state index contributed by atoms with van der Waals surface area (Å²) in [4.78, 5) is 0. The van der Waals surface area contributed by atoms with Gasteiger partial charge in [0.2, 0.25) is 0 Å². The van der Waals surface area contributed by atoms with Crippen LogP contribution in [0.3, 0.4) is 0 Å². The van der Waals surface area contributed by atoms with Crippen LogP contribution in [0.4, 0.5) is 0 Å². The molecule has 0 N–H and O–H groups in total. The Morgan fingerprint density at radius 2 is 2.14 bits per heavy atom. The van der Waals surface area contributed by atoms with E-state index in [1.54, 1.807) is 0 Å². The van der Waals surface area contributed by atoms with Gasteiger partial charge < -0.3 is 4.74 Å². The molecule has 0 heterocycles. The van der Waals surface area contributed by atoms with E-state index in [4.69, 9.17) is 11.2 Å². The summed E-state index contributed by atoms with van der Waals surface area (Å²) in [6.45, 7) is 7.35. The summed E-state index contributed by atoms with van der Waals surface area (Å²) in [6.07, 6.45) is 9.46. The lowest BCUT2D eigenvalue weighted by molar-refractivity contribution is -0.0241. The molecule has 14 heavy (non-hydrogen) atoms. The lowest BCUT2D eigenvalue weighted by atomic mass is 9.75. The number of rotatable bonds is 3. The molecule has 0 radical (unpaired) electrons. The van der Waals surface area contributed by atoms with Gasteiger partial charge in [-0.25, -0.2) is 0 Å². The molecule has 0 aromatic rings. The van der Waals surface area contributed by atoms with Crippen molar-refractivity contribution >= 4 is 0 Å². The third-order valence-corrected chi connectivity index (χ3v) is 3.34. The molecular formula is C13H22O. The molecule has 0 aromatic carbocycles. The van der Waals surface area contributed by atoms with Crippen LogP contribution in [0, 0.1) is 30.1 Å². The summed E-state index contributed by atoms with van der Waals surface area (Å²) < 4.78 is 5.74. The Labute approximate surface area is 88.2 Å². The molecule has 1 saturated carbocycles. The van der Waals surface area contributed by atoms with E-state index in [-0.39, 0.29) is 0 Å². The highest BCUT2D eigenvalue weighted by molar-refractivity contribution is 4.86. The predicted molar refractivity (Wildman–Crippen MR) is 59.9 cm³/mol. The molecule has 1 heteroatoms. The maximum Gasteiger partial charge on any atom is 0.107 e. The Kier molecular flexibility index (Phi) is 4.48. The number of hydrogen-bond donors (Lipinski definition) is 0. The Morgan fingerprint density at radius 1 is 1.43 bits per heavy atom. The molecule has 0 saturated heterocycles. The smallest absolute Gasteiger partial charge is 0.107 e. The van der Waals surface area contributed by atoms with E-state index in [9.17, 15) is 0 Å². The van der Waals surface area contributed by atoms with Crippen molar-refractivity contribution in [3.05, 3.63) is 0 Å². The van der Waals surface area contributed by atoms with Crippen LogP contribution in [-0.4, -0.2) is 12.7 Å². The Balaban J connectivity index is 2.50. The molecule has 0 bridgehead atoms. The summed E-state index contributed by atoms with van der Waals surface area (Å²) >= 11 is 0. The van der Waals surface area contributed by atoms with Crippen molar-refractivity contribution in [1.82, 2.24) is 0 Å². The van der Waals surface area contributed by atoms with E-state index in [2.05, 4.69) is 26.7 Å². The molecule has 1 aliphatic carbocycles. The first-order valence-electron chi connectivity index (χ1n) is 5.70. The number of terminal acetylenes is 1. The van der Waals surface area contributed by atoms with E-state index in [0.717, 1.165) is 5.92 Å². The maximum atomic E-state index is 5.74. The second kappa shape index (κ2) is 5.41. The Morgan fingerprint density at radius 3 is 2.71 bits per heavy atom. The first kappa shape index (κ1) is 11.6. The molecule has 0 aliphatic heterocycles. The van der Waals surface area contributed by atoms with Crippen molar-refractivity contribution in [3.8, 4) is 12.3 Å². The van der Waals surface area contributed by atoms with E-state index in [1.807, 2.05) is 0 Å². The first-order valence-corrected chi connectivity index (χ1v) is 5.70. The third-order valence-electron chi connectivity index (χ3n) is 3.34. The fourth-order valence-electron chi connectivity index (χ4n) is 2.46. The minimum atomic E-state index is 0.398. The van der Waals surface area contributed by atoms with Gasteiger partial charge in [0.25, 0.3) is 0 Å². The lowest BCUT2D eigenvalue weighted by Crippen LogP contribution is -2.34. The zero-order valence-electron chi connectivity index (χ0n) is 9.62. The van der Waals surface area contributed by atoms with Crippen molar-refractivity contribution in [2.75, 3.05) is 6.61 Å². The average Bonchev–Trinajstić information content (AvgIpc) is 2.14. The van der Waals surface area contributed by atoms with Gasteiger partial charge in [0, 0.05) is 0 Å². The van der Waals surface area contributed by atoms with Crippen LogP contribution in [0.5, 0.6) is 0 Å². The summed E-state index contributed by atoms with van der Waals surface area (Å²) in [5, 5.41) is 0. The van der Waals surface area contributed by atoms with E-state index < -0.39 is 0 Å². The van der Waals surface area contributed by atoms with Gasteiger partial charge in [0.15, 0.2) is 0 Å². The minimum absolute atomic E-state index is 0.398. The highest BCUT2D eigenvalue weighted by Crippen LogP contribution is 2.35. The van der Waals surface area contributed by atoms with E-state index in [1.165, 1.54) is 19.3 Å². The van der Waals surface area contributed by atoms with Crippen LogP contribution >= 0.6 is 0 Å². The van der Waals surface area contributed by atoms with Gasteiger partial charge in [0.05, 0.1) is 6.10 Å². The van der Waals surface area contributed by atoms with Gasteiger partial charge in [-0.3, -0.25) is 0 Å². The standard InChI is InChI=1S/C13H22O/c1-5-8-14-13-9-11(4)6-7-12(13)10(2)3/h1,10-13H,6-9H2,2-4H3. The van der Waals surface area contributed by atoms with Crippen molar-refractivity contribution in [2.24, 2.45) is 17.8 Å². The minimum Gasteiger partial charge on any atom is -0.365 e. The molecule has 1 nitrogen and oxygen atoms in total. The fraction of sp³-hybridized carbons (Fsp3) is 0.846. The summed E-state index contributed by atoms with van der Waals surface area (Å²) in [7, 11) is 0. The predicted octanol–water partition coefficient (Wildman–Crippen LogP) is 3.10. The van der Waals surface area contributed by atoms with Crippen molar-refractivity contribution in [3.63, 3.8) is 0 Å². The lowest BCUT2D eigenvalue weighted by Gasteiger charge is -2.36. The summed E-state index contributed by atoms with van der Waals surface area (Å²) in [5.74, 6) is 4.79. The Hall–Kier alpha value is -0.480. The fourth-order valence-corrected chi connectivity index (χ4v) is 2.46. The van der Waals surface area contributed by atoms with Gasteiger partial charge in [-0.1, -0.05) is 33.1 Å². The zero-order valence-corrected chi connectivity index (χ0v) is 9.62. The molecule has 0 spiro atoms. The Bertz CT molecular complexity index is 202. The third kappa shape index (κ3) is 3.03. The molecule has 1 rings (SSSR count). The van der Waals surface area contributed by atoms with E-state index in [0.29, 0.717) is 24.5 Å². The number of ether oxygens (including phenoxy) is 1. The van der Waals surface area contributed by atoms with Gasteiger partial charge in [-0.15, -0.1) is 6.42 Å². The van der Waals surface area contributed by atoms with Gasteiger partial charge >= 0.3 is 0 Å². The van der Waals surface area contributed by atoms with Crippen molar-refractivity contribution in [1.29, 1.82) is 0 Å². The van der Waals surface area contributed by atoms with Crippen LogP contribution in [0.2, 0.25) is 0 Å². The van der Waals surface area contributed by atoms with Gasteiger partial charge in [0.1, 0.15) is 6.61 Å². The van der Waals surface area contributed by atoms with Crippen LogP contribution in [0.1, 0.15) is 40.0 Å². The monoisotopic (exact) mass is 194 g/mol. The zero-order chi connectivity index (χ0) is 10.6. The molecule has 0 aromatic heterocycles. The molecule has 0 amide bonds. The van der Waals surface area contributed by atoms with Crippen LogP contribution in [0.15, 0.2) is 0 Å². The molecule has 3 unspecified atom stereocenters. The number of hydrogen-bond acceptors (Lipinski definition) is 1. The molecule has 1 fully saturated rings. The normalized spacial score (nSPS) is 32.9. The second-order valence-corrected chi connectivity index (χ2v) is 4.88. The SMILES string of the molecule is C#CCOC1CC(C)CCC1C(C)C. The largest absolute Gasteiger partial charge is 0.365 e. The van der Waals surface area contributed by atoms with Crippen molar-refractivity contribution < 1.29 is 4.74 Å². The molecular weight excluding hydrogens is 172 g/mol. The highest BCUT2D eigenvalue weighted by atomic mass is 16.5. The van der Waals surface area contributed by atoms with E-state index >= 15 is 0 Å². The summed E-state index contributed by atoms with van der Waals surface area (Å²) in [6, 6.07) is 0. The molecule has 1 aliphatic rings. The van der Waals surface area contributed by atoms with Crippen LogP contribution < -0.4 is 0 Å². The van der Waals surface area contributed by atoms with Gasteiger partial charge in [-0.2, -0.15) is 0 Å². The summed E-state index contributed by atoms with van der Waals surface area (Å²) in [5.41, 5.74) is 0. The highest BCUT2D eigenvalue weighted by Gasteiger charge is 2.30. The molecule has 3 atom stereocenters. The van der Waals surface area contributed by atoms with Crippen molar-refractivity contribution in [2.45, 2.75) is 46.1 Å². The van der Waals surface area contributed by atoms with Gasteiger partial charge in [-0.05, 0) is 30.6 Å². The van der Waals surface area contributed by atoms with Crippen LogP contribution in [-0.2, 0) is 4.74 Å². The molecule has 80 valence electrons. The first-order chi connectivity index (χ1) is 6.65. The topological polar surface area (TPSA) is 9.23 Å². The maximum absolute atomic E-state index is 5.74. The quantitative estimate of drug-likeness (QED) is 0.627.